The van der Waals surface area contributed by atoms with Gasteiger partial charge in [0.25, 0.3) is 0 Å². The van der Waals surface area contributed by atoms with Crippen molar-refractivity contribution in [2.75, 3.05) is 0 Å². The predicted octanol–water partition coefficient (Wildman–Crippen LogP) is 1.69. The molecule has 0 radical (unpaired) electrons. The van der Waals surface area contributed by atoms with Crippen LogP contribution in [0.1, 0.15) is 17.3 Å². The number of hydrogen-bond donors (Lipinski definition) is 0. The van der Waals surface area contributed by atoms with Crippen LogP contribution in [0, 0.1) is 5.82 Å². The molecule has 0 bridgehead atoms. The molecule has 5 heteroatoms. The van der Waals surface area contributed by atoms with E-state index in [1.807, 2.05) is 6.92 Å². The zero-order valence-electron chi connectivity index (χ0n) is 9.97. The third kappa shape index (κ3) is 2.40. The van der Waals surface area contributed by atoms with Gasteiger partial charge in [-0.25, -0.2) is 9.18 Å². The molecule has 18 heavy (non-hydrogen) atoms. The zero-order chi connectivity index (χ0) is 13.1. The van der Waals surface area contributed by atoms with Gasteiger partial charge in [0, 0.05) is 24.5 Å². The highest BCUT2D eigenvalue weighted by atomic mass is 19.1. The lowest BCUT2D eigenvalue weighted by atomic mass is 10.1. The fourth-order valence-electron chi connectivity index (χ4n) is 1.72. The maximum absolute atomic E-state index is 13.0. The lowest BCUT2D eigenvalue weighted by Gasteiger charge is -2.01. The number of ketones is 1. The van der Waals surface area contributed by atoms with E-state index in [4.69, 9.17) is 0 Å². The summed E-state index contributed by atoms with van der Waals surface area (Å²) < 4.78 is 15.8. The van der Waals surface area contributed by atoms with E-state index < -0.39 is 5.82 Å². The summed E-state index contributed by atoms with van der Waals surface area (Å²) in [4.78, 5) is 23.6. The summed E-state index contributed by atoms with van der Waals surface area (Å²) in [5.41, 5.74) is 0.0356. The molecule has 1 heterocycles. The maximum atomic E-state index is 13.0. The minimum atomic E-state index is -0.459. The van der Waals surface area contributed by atoms with Crippen LogP contribution in [0.4, 0.5) is 4.39 Å². The third-order valence-corrected chi connectivity index (χ3v) is 2.72. The first-order valence-electron chi connectivity index (χ1n) is 5.66. The zero-order valence-corrected chi connectivity index (χ0v) is 9.97. The highest BCUT2D eigenvalue weighted by molar-refractivity contribution is 5.95. The lowest BCUT2D eigenvalue weighted by molar-refractivity contribution is 0.0970. The van der Waals surface area contributed by atoms with Crippen LogP contribution in [0.3, 0.4) is 0 Å². The molecule has 1 aromatic heterocycles. The molecule has 94 valence electrons. The first-order valence-corrected chi connectivity index (χ1v) is 5.66. The van der Waals surface area contributed by atoms with Crippen LogP contribution in [0.25, 0.3) is 0 Å². The number of hydrogen-bond acceptors (Lipinski definition) is 2. The summed E-state index contributed by atoms with van der Waals surface area (Å²) in [6, 6.07) is 5.45. The molecule has 0 unspecified atom stereocenters. The summed E-state index contributed by atoms with van der Waals surface area (Å²) in [5.74, 6) is -0.746. The Bertz CT molecular complexity index is 628. The van der Waals surface area contributed by atoms with E-state index in [1.54, 1.807) is 12.4 Å². The van der Waals surface area contributed by atoms with Gasteiger partial charge < -0.3 is 0 Å². The minimum absolute atomic E-state index is 0.0741. The number of aryl methyl sites for hydroxylation is 1. The first kappa shape index (κ1) is 12.3. The van der Waals surface area contributed by atoms with E-state index in [2.05, 4.69) is 0 Å². The molecule has 2 aromatic rings. The Morgan fingerprint density at radius 3 is 2.61 bits per heavy atom. The Morgan fingerprint density at radius 2 is 2.00 bits per heavy atom. The van der Waals surface area contributed by atoms with Crippen LogP contribution in [-0.2, 0) is 13.1 Å². The normalized spacial score (nSPS) is 10.6. The molecular formula is C13H13FN2O2. The Hall–Kier alpha value is -2.17. The quantitative estimate of drug-likeness (QED) is 0.773. The molecule has 0 aliphatic heterocycles. The maximum Gasteiger partial charge on any atom is 0.328 e. The summed E-state index contributed by atoms with van der Waals surface area (Å²) >= 11 is 0. The number of imidazole rings is 1. The largest absolute Gasteiger partial charge is 0.328 e. The van der Waals surface area contributed by atoms with Crippen molar-refractivity contribution in [2.24, 2.45) is 0 Å². The number of aromatic nitrogens is 2. The van der Waals surface area contributed by atoms with Gasteiger partial charge >= 0.3 is 5.69 Å². The summed E-state index contributed by atoms with van der Waals surface area (Å²) in [5, 5.41) is 0. The van der Waals surface area contributed by atoms with Crippen molar-refractivity contribution in [1.82, 2.24) is 9.13 Å². The van der Waals surface area contributed by atoms with E-state index in [-0.39, 0.29) is 23.6 Å². The van der Waals surface area contributed by atoms with Crippen molar-refractivity contribution in [1.29, 1.82) is 0 Å². The van der Waals surface area contributed by atoms with E-state index in [1.165, 1.54) is 33.4 Å². The number of halogens is 1. The van der Waals surface area contributed by atoms with E-state index in [0.717, 1.165) is 0 Å². The van der Waals surface area contributed by atoms with E-state index in [0.29, 0.717) is 6.54 Å². The smallest absolute Gasteiger partial charge is 0.300 e. The molecule has 0 amide bonds. The third-order valence-electron chi connectivity index (χ3n) is 2.72. The number of Topliss-reactive ketones (excluding diaryl/α,β-unsaturated/α-hetero) is 1. The number of nitrogens with zero attached hydrogens (tertiary/aromatic N) is 2. The van der Waals surface area contributed by atoms with Crippen LogP contribution < -0.4 is 5.69 Å². The van der Waals surface area contributed by atoms with Gasteiger partial charge in [-0.15, -0.1) is 0 Å². The summed E-state index contributed by atoms with van der Waals surface area (Å²) in [7, 11) is 0. The van der Waals surface area contributed by atoms with Gasteiger partial charge in [-0.1, -0.05) is 12.1 Å². The first-order chi connectivity index (χ1) is 8.61. The van der Waals surface area contributed by atoms with E-state index >= 15 is 0 Å². The molecule has 0 spiro atoms. The minimum Gasteiger partial charge on any atom is -0.300 e. The van der Waals surface area contributed by atoms with Crippen LogP contribution in [0.2, 0.25) is 0 Å². The van der Waals surface area contributed by atoms with Gasteiger partial charge in [-0.2, -0.15) is 0 Å². The Kier molecular flexibility index (Phi) is 3.41. The van der Waals surface area contributed by atoms with Crippen LogP contribution in [-0.4, -0.2) is 14.9 Å². The van der Waals surface area contributed by atoms with Crippen LogP contribution >= 0.6 is 0 Å². The fraction of sp³-hybridized carbons (Fsp3) is 0.231. The topological polar surface area (TPSA) is 44.0 Å². The molecule has 0 atom stereocenters. The second kappa shape index (κ2) is 5.00. The molecule has 2 rings (SSSR count). The lowest BCUT2D eigenvalue weighted by Crippen LogP contribution is -2.26. The standard InChI is InChI=1S/C13H13FN2O2/c1-2-15-6-7-16(13(15)18)9-12(17)10-4-3-5-11(14)8-10/h3-8H,2,9H2,1H3. The SMILES string of the molecule is CCn1ccn(CC(=O)c2cccc(F)c2)c1=O. The Labute approximate surface area is 103 Å². The number of rotatable bonds is 4. The van der Waals surface area contributed by atoms with Crippen molar-refractivity contribution in [3.63, 3.8) is 0 Å². The van der Waals surface area contributed by atoms with Crippen LogP contribution in [0.15, 0.2) is 41.5 Å². The molecule has 0 N–H and O–H groups in total. The Morgan fingerprint density at radius 1 is 1.28 bits per heavy atom. The van der Waals surface area contributed by atoms with Gasteiger partial charge in [-0.3, -0.25) is 13.9 Å². The predicted molar refractivity (Wildman–Crippen MR) is 65.1 cm³/mol. The monoisotopic (exact) mass is 248 g/mol. The highest BCUT2D eigenvalue weighted by Gasteiger charge is 2.10. The summed E-state index contributed by atoms with van der Waals surface area (Å²) in [6.07, 6.45) is 3.18. The van der Waals surface area contributed by atoms with E-state index in [9.17, 15) is 14.0 Å². The van der Waals surface area contributed by atoms with Crippen molar-refractivity contribution in [3.05, 3.63) is 58.5 Å². The highest BCUT2D eigenvalue weighted by Crippen LogP contribution is 2.05. The van der Waals surface area contributed by atoms with Gasteiger partial charge in [0.2, 0.25) is 0 Å². The molecule has 0 aliphatic rings. The summed E-state index contributed by atoms with van der Waals surface area (Å²) in [6.45, 7) is 2.33. The fourth-order valence-corrected chi connectivity index (χ4v) is 1.72. The molecule has 4 nitrogen and oxygen atoms in total. The Balaban J connectivity index is 2.21. The molecule has 1 aromatic carbocycles. The van der Waals surface area contributed by atoms with Crippen molar-refractivity contribution < 1.29 is 9.18 Å². The van der Waals surface area contributed by atoms with Gasteiger partial charge in [-0.05, 0) is 19.1 Å². The second-order valence-corrected chi connectivity index (χ2v) is 3.93. The van der Waals surface area contributed by atoms with Gasteiger partial charge in [0.15, 0.2) is 5.78 Å². The van der Waals surface area contributed by atoms with Crippen molar-refractivity contribution in [3.8, 4) is 0 Å². The van der Waals surface area contributed by atoms with Crippen molar-refractivity contribution >= 4 is 5.78 Å². The van der Waals surface area contributed by atoms with Crippen LogP contribution in [0.5, 0.6) is 0 Å². The molecule has 0 aliphatic carbocycles. The molecule has 0 saturated heterocycles. The molecule has 0 saturated carbocycles. The molecule has 0 fully saturated rings. The second-order valence-electron chi connectivity index (χ2n) is 3.93. The number of carbonyl (C=O) groups is 1. The van der Waals surface area contributed by atoms with Gasteiger partial charge in [0.1, 0.15) is 5.82 Å². The van der Waals surface area contributed by atoms with Gasteiger partial charge in [0.05, 0.1) is 6.54 Å². The average Bonchev–Trinajstić information content (AvgIpc) is 2.70. The number of benzene rings is 1. The molecular weight excluding hydrogens is 235 g/mol. The average molecular weight is 248 g/mol. The number of carbonyl (C=O) groups excluding carboxylic acids is 1. The van der Waals surface area contributed by atoms with Crippen molar-refractivity contribution in [2.45, 2.75) is 20.0 Å².